The van der Waals surface area contributed by atoms with Crippen LogP contribution in [-0.4, -0.2) is 29.3 Å². The molecule has 2 rings (SSSR count). The lowest BCUT2D eigenvalue weighted by Crippen LogP contribution is -2.19. The maximum absolute atomic E-state index is 11.7. The van der Waals surface area contributed by atoms with E-state index in [0.29, 0.717) is 5.56 Å². The Morgan fingerprint density at radius 2 is 2.35 bits per heavy atom. The monoisotopic (exact) mass is 335 g/mol. The van der Waals surface area contributed by atoms with E-state index in [4.69, 9.17) is 4.74 Å². The Balaban J connectivity index is 2.08. The molecule has 1 aromatic heterocycles. The van der Waals surface area contributed by atoms with Crippen molar-refractivity contribution in [2.24, 2.45) is 5.10 Å². The maximum atomic E-state index is 11.7. The van der Waals surface area contributed by atoms with Crippen molar-refractivity contribution in [3.05, 3.63) is 50.2 Å². The number of phenols is 1. The molecule has 2 aromatic rings. The number of hydrogen-bond donors (Lipinski definition) is 2. The molecule has 0 aliphatic carbocycles. The Kier molecular flexibility index (Phi) is 5.26. The minimum absolute atomic E-state index is 0.0504. The normalized spacial score (nSPS) is 10.7. The van der Waals surface area contributed by atoms with Crippen molar-refractivity contribution in [2.75, 3.05) is 7.11 Å². The second-order valence-corrected chi connectivity index (χ2v) is 5.43. The highest BCUT2D eigenvalue weighted by atomic mass is 32.1. The third-order valence-corrected chi connectivity index (χ3v) is 3.69. The molecule has 0 bridgehead atoms. The number of thiophene rings is 1. The molecule has 120 valence electrons. The number of carbonyl (C=O) groups is 1. The minimum Gasteiger partial charge on any atom is -0.500 e. The Morgan fingerprint density at radius 3 is 2.96 bits per heavy atom. The quantitative estimate of drug-likeness (QED) is 0.476. The number of hydrogen-bond acceptors (Lipinski definition) is 7. The Hall–Kier alpha value is -2.94. The highest BCUT2D eigenvalue weighted by Gasteiger charge is 2.19. The van der Waals surface area contributed by atoms with E-state index >= 15 is 0 Å². The minimum atomic E-state index is -0.732. The van der Waals surface area contributed by atoms with E-state index in [0.717, 1.165) is 10.9 Å². The summed E-state index contributed by atoms with van der Waals surface area (Å²) in [6, 6.07) is 6.19. The Morgan fingerprint density at radius 1 is 1.57 bits per heavy atom. The van der Waals surface area contributed by atoms with Gasteiger partial charge in [0.1, 0.15) is 0 Å². The summed E-state index contributed by atoms with van der Waals surface area (Å²) in [7, 11) is 1.28. The largest absolute Gasteiger partial charge is 0.500 e. The first-order chi connectivity index (χ1) is 11.0. The molecule has 0 aliphatic rings. The van der Waals surface area contributed by atoms with Gasteiger partial charge in [0.05, 0.1) is 24.7 Å². The van der Waals surface area contributed by atoms with Crippen molar-refractivity contribution >= 4 is 29.1 Å². The standard InChI is InChI=1S/C14H13N3O5S/c1-22-12-6-9(5-11(14(12)19)17(20)21)8-15-16-13(18)7-10-3-2-4-23-10/h2-6,8,19H,7H2,1H3,(H,16,18)/b15-8-. The SMILES string of the molecule is COc1cc(/C=N\NC(=O)Cc2cccs2)cc([N+](=O)[O-])c1O. The number of nitrogens with zero attached hydrogens (tertiary/aromatic N) is 2. The topological polar surface area (TPSA) is 114 Å². The molecule has 2 N–H and O–H groups in total. The van der Waals surface area contributed by atoms with Gasteiger partial charge in [0.25, 0.3) is 0 Å². The van der Waals surface area contributed by atoms with E-state index in [1.807, 2.05) is 17.5 Å². The third-order valence-electron chi connectivity index (χ3n) is 2.81. The molecule has 8 nitrogen and oxygen atoms in total. The summed E-state index contributed by atoms with van der Waals surface area (Å²) < 4.78 is 4.87. The van der Waals surface area contributed by atoms with Crippen LogP contribution in [0, 0.1) is 10.1 Å². The van der Waals surface area contributed by atoms with Crippen molar-refractivity contribution in [1.29, 1.82) is 0 Å². The first kappa shape index (κ1) is 16.4. The van der Waals surface area contributed by atoms with E-state index < -0.39 is 16.4 Å². The second kappa shape index (κ2) is 7.36. The van der Waals surface area contributed by atoms with Crippen LogP contribution in [0.4, 0.5) is 5.69 Å². The number of nitrogens with one attached hydrogen (secondary N) is 1. The number of aromatic hydroxyl groups is 1. The highest BCUT2D eigenvalue weighted by molar-refractivity contribution is 7.10. The van der Waals surface area contributed by atoms with Crippen LogP contribution in [0.3, 0.4) is 0 Å². The summed E-state index contributed by atoms with van der Waals surface area (Å²) >= 11 is 1.46. The summed E-state index contributed by atoms with van der Waals surface area (Å²) in [5, 5.41) is 26.2. The van der Waals surface area contributed by atoms with Crippen molar-refractivity contribution in [3.63, 3.8) is 0 Å². The van der Waals surface area contributed by atoms with Crippen LogP contribution >= 0.6 is 11.3 Å². The zero-order chi connectivity index (χ0) is 16.8. The number of benzene rings is 1. The smallest absolute Gasteiger partial charge is 0.315 e. The molecule has 0 spiro atoms. The molecular formula is C14H13N3O5S. The average Bonchev–Trinajstić information content (AvgIpc) is 3.01. The molecule has 1 aromatic carbocycles. The summed E-state index contributed by atoms with van der Waals surface area (Å²) in [5.74, 6) is -0.911. The lowest BCUT2D eigenvalue weighted by Gasteiger charge is -2.05. The van der Waals surface area contributed by atoms with Crippen LogP contribution in [0.1, 0.15) is 10.4 Å². The van der Waals surface area contributed by atoms with Gasteiger partial charge in [-0.2, -0.15) is 5.10 Å². The number of phenolic OH excluding ortho intramolecular Hbond substituents is 1. The number of rotatable bonds is 6. The fraction of sp³-hybridized carbons (Fsp3) is 0.143. The molecule has 0 radical (unpaired) electrons. The van der Waals surface area contributed by atoms with Gasteiger partial charge in [0.15, 0.2) is 5.75 Å². The van der Waals surface area contributed by atoms with Crippen molar-refractivity contribution in [3.8, 4) is 11.5 Å². The molecule has 0 saturated heterocycles. The van der Waals surface area contributed by atoms with E-state index in [2.05, 4.69) is 10.5 Å². The predicted octanol–water partition coefficient (Wildman–Crippen LogP) is 2.06. The fourth-order valence-electron chi connectivity index (χ4n) is 1.77. The molecule has 1 amide bonds. The van der Waals surface area contributed by atoms with Crippen molar-refractivity contribution < 1.29 is 19.6 Å². The molecule has 0 aliphatic heterocycles. The van der Waals surface area contributed by atoms with Gasteiger partial charge in [0.2, 0.25) is 11.7 Å². The van der Waals surface area contributed by atoms with Gasteiger partial charge in [-0.25, -0.2) is 5.43 Å². The maximum Gasteiger partial charge on any atom is 0.315 e. The number of nitro groups is 1. The number of amides is 1. The number of nitro benzene ring substituents is 1. The molecule has 0 atom stereocenters. The van der Waals surface area contributed by atoms with Gasteiger partial charge >= 0.3 is 5.69 Å². The molecule has 23 heavy (non-hydrogen) atoms. The summed E-state index contributed by atoms with van der Waals surface area (Å²) in [5.41, 5.74) is 2.14. The van der Waals surface area contributed by atoms with Gasteiger partial charge < -0.3 is 9.84 Å². The van der Waals surface area contributed by atoms with Gasteiger partial charge in [-0.3, -0.25) is 14.9 Å². The predicted molar refractivity (Wildman–Crippen MR) is 85.1 cm³/mol. The fourth-order valence-corrected chi connectivity index (χ4v) is 2.48. The molecule has 0 saturated carbocycles. The first-order valence-electron chi connectivity index (χ1n) is 6.41. The average molecular weight is 335 g/mol. The number of ether oxygens (including phenoxy) is 1. The second-order valence-electron chi connectivity index (χ2n) is 4.40. The van der Waals surface area contributed by atoms with E-state index in [1.54, 1.807) is 0 Å². The zero-order valence-electron chi connectivity index (χ0n) is 12.1. The van der Waals surface area contributed by atoms with E-state index in [1.165, 1.54) is 30.7 Å². The number of hydrazone groups is 1. The molecule has 0 fully saturated rings. The lowest BCUT2D eigenvalue weighted by atomic mass is 10.2. The van der Waals surface area contributed by atoms with Crippen molar-refractivity contribution in [2.45, 2.75) is 6.42 Å². The van der Waals surface area contributed by atoms with Crippen LogP contribution < -0.4 is 10.2 Å². The van der Waals surface area contributed by atoms with Crippen LogP contribution in [0.25, 0.3) is 0 Å². The van der Waals surface area contributed by atoms with Gasteiger partial charge in [0, 0.05) is 16.5 Å². The third kappa shape index (κ3) is 4.27. The Bertz CT molecular complexity index is 743. The summed E-state index contributed by atoms with van der Waals surface area (Å²) in [6.45, 7) is 0. The first-order valence-corrected chi connectivity index (χ1v) is 7.29. The van der Waals surface area contributed by atoms with E-state index in [-0.39, 0.29) is 18.1 Å². The molecule has 0 unspecified atom stereocenters. The summed E-state index contributed by atoms with van der Waals surface area (Å²) in [6.07, 6.45) is 1.44. The molecule has 1 heterocycles. The van der Waals surface area contributed by atoms with E-state index in [9.17, 15) is 20.0 Å². The van der Waals surface area contributed by atoms with Gasteiger partial charge in [-0.1, -0.05) is 6.07 Å². The zero-order valence-corrected chi connectivity index (χ0v) is 12.9. The lowest BCUT2D eigenvalue weighted by molar-refractivity contribution is -0.386. The number of carbonyl (C=O) groups excluding carboxylic acids is 1. The highest BCUT2D eigenvalue weighted by Crippen LogP contribution is 2.36. The Labute approximate surface area is 135 Å². The summed E-state index contributed by atoms with van der Waals surface area (Å²) in [4.78, 5) is 22.7. The van der Waals surface area contributed by atoms with Crippen LogP contribution in [0.15, 0.2) is 34.7 Å². The van der Waals surface area contributed by atoms with Crippen molar-refractivity contribution in [1.82, 2.24) is 5.43 Å². The van der Waals surface area contributed by atoms with Gasteiger partial charge in [-0.15, -0.1) is 11.3 Å². The van der Waals surface area contributed by atoms with Crippen LogP contribution in [-0.2, 0) is 11.2 Å². The molecule has 9 heteroatoms. The van der Waals surface area contributed by atoms with Gasteiger partial charge in [-0.05, 0) is 17.5 Å². The van der Waals surface area contributed by atoms with Crippen LogP contribution in [0.5, 0.6) is 11.5 Å². The molecular weight excluding hydrogens is 322 g/mol. The van der Waals surface area contributed by atoms with Crippen LogP contribution in [0.2, 0.25) is 0 Å². The number of methoxy groups -OCH3 is 1.